The average molecular weight is 293 g/mol. The third-order valence-corrected chi connectivity index (χ3v) is 5.90. The number of hydrogen-bond donors (Lipinski definition) is 1. The quantitative estimate of drug-likeness (QED) is 0.927. The van der Waals surface area contributed by atoms with Crippen molar-refractivity contribution in [2.45, 2.75) is 56.9 Å². The van der Waals surface area contributed by atoms with Crippen molar-refractivity contribution in [1.29, 1.82) is 0 Å². The van der Waals surface area contributed by atoms with Gasteiger partial charge in [0, 0.05) is 36.1 Å². The molecule has 1 aliphatic heterocycles. The molecule has 1 saturated carbocycles. The number of hydrogen-bond acceptors (Lipinski definition) is 4. The molecular weight excluding hydrogens is 266 g/mol. The first-order chi connectivity index (χ1) is 9.77. The van der Waals surface area contributed by atoms with Gasteiger partial charge in [0.05, 0.1) is 5.01 Å². The molecule has 0 amide bonds. The Hall–Kier alpha value is -0.450. The van der Waals surface area contributed by atoms with Gasteiger partial charge in [0.15, 0.2) is 0 Å². The van der Waals surface area contributed by atoms with Gasteiger partial charge in [0.1, 0.15) is 0 Å². The molecule has 112 valence electrons. The van der Waals surface area contributed by atoms with E-state index in [0.29, 0.717) is 11.5 Å². The monoisotopic (exact) mass is 293 g/mol. The maximum atomic E-state index is 4.49. The molecule has 3 rings (SSSR count). The lowest BCUT2D eigenvalue weighted by Crippen LogP contribution is -2.53. The van der Waals surface area contributed by atoms with Crippen LogP contribution in [0.15, 0.2) is 11.6 Å². The van der Waals surface area contributed by atoms with Crippen molar-refractivity contribution in [3.8, 4) is 0 Å². The minimum atomic E-state index is 0.414. The van der Waals surface area contributed by atoms with Crippen molar-refractivity contribution in [3.05, 3.63) is 16.6 Å². The number of rotatable bonds is 3. The summed E-state index contributed by atoms with van der Waals surface area (Å²) in [6, 6.07) is 0. The Labute approximate surface area is 126 Å². The number of thiazole rings is 1. The summed E-state index contributed by atoms with van der Waals surface area (Å²) in [6.07, 6.45) is 10.2. The summed E-state index contributed by atoms with van der Waals surface area (Å²) in [7, 11) is 0. The van der Waals surface area contributed by atoms with E-state index in [1.807, 2.05) is 6.20 Å². The molecule has 0 bridgehead atoms. The maximum Gasteiger partial charge on any atom is 0.0965 e. The molecule has 1 aromatic rings. The SMILES string of the molecule is CC(CN1CCCNC2(CCCCC2)C1)c1nccs1. The molecule has 0 radical (unpaired) electrons. The van der Waals surface area contributed by atoms with Gasteiger partial charge in [-0.3, -0.25) is 0 Å². The Morgan fingerprint density at radius 1 is 1.35 bits per heavy atom. The topological polar surface area (TPSA) is 28.2 Å². The molecular formula is C16H27N3S. The van der Waals surface area contributed by atoms with E-state index in [1.165, 1.54) is 63.2 Å². The molecule has 4 heteroatoms. The molecule has 20 heavy (non-hydrogen) atoms. The molecule has 3 nitrogen and oxygen atoms in total. The third-order valence-electron chi connectivity index (χ3n) is 4.89. The predicted molar refractivity (Wildman–Crippen MR) is 85.4 cm³/mol. The van der Waals surface area contributed by atoms with Gasteiger partial charge in [-0.1, -0.05) is 26.2 Å². The van der Waals surface area contributed by atoms with Crippen LogP contribution in [0, 0.1) is 0 Å². The molecule has 0 aromatic carbocycles. The predicted octanol–water partition coefficient (Wildman–Crippen LogP) is 3.24. The summed E-state index contributed by atoms with van der Waals surface area (Å²) in [4.78, 5) is 7.18. The van der Waals surface area contributed by atoms with E-state index >= 15 is 0 Å². The van der Waals surface area contributed by atoms with Crippen LogP contribution in [0.4, 0.5) is 0 Å². The smallest absolute Gasteiger partial charge is 0.0965 e. The van der Waals surface area contributed by atoms with Gasteiger partial charge < -0.3 is 10.2 Å². The first-order valence-corrected chi connectivity index (χ1v) is 9.02. The molecule has 2 aliphatic rings. The van der Waals surface area contributed by atoms with Gasteiger partial charge in [-0.05, 0) is 32.4 Å². The highest BCUT2D eigenvalue weighted by atomic mass is 32.1. The summed E-state index contributed by atoms with van der Waals surface area (Å²) in [6.45, 7) is 7.16. The fraction of sp³-hybridized carbons (Fsp3) is 0.812. The summed E-state index contributed by atoms with van der Waals surface area (Å²) < 4.78 is 0. The van der Waals surface area contributed by atoms with Crippen molar-refractivity contribution in [2.75, 3.05) is 26.2 Å². The van der Waals surface area contributed by atoms with Gasteiger partial charge in [0.2, 0.25) is 0 Å². The van der Waals surface area contributed by atoms with Gasteiger partial charge in [-0.2, -0.15) is 0 Å². The van der Waals surface area contributed by atoms with E-state index in [0.717, 1.165) is 6.54 Å². The molecule has 1 aliphatic carbocycles. The lowest BCUT2D eigenvalue weighted by atomic mass is 9.81. The van der Waals surface area contributed by atoms with Crippen LogP contribution in [0.2, 0.25) is 0 Å². The van der Waals surface area contributed by atoms with Gasteiger partial charge in [0.25, 0.3) is 0 Å². The summed E-state index contributed by atoms with van der Waals surface area (Å²) in [5.41, 5.74) is 0.414. The highest BCUT2D eigenvalue weighted by Crippen LogP contribution is 2.31. The van der Waals surface area contributed by atoms with Crippen molar-refractivity contribution < 1.29 is 0 Å². The Morgan fingerprint density at radius 3 is 2.95 bits per heavy atom. The normalized spacial score (nSPS) is 25.4. The van der Waals surface area contributed by atoms with Crippen molar-refractivity contribution in [1.82, 2.24) is 15.2 Å². The zero-order valence-electron chi connectivity index (χ0n) is 12.6. The molecule has 2 fully saturated rings. The molecule has 1 atom stereocenters. The summed E-state index contributed by atoms with van der Waals surface area (Å²) in [5.74, 6) is 0.564. The van der Waals surface area contributed by atoms with Crippen LogP contribution < -0.4 is 5.32 Å². The van der Waals surface area contributed by atoms with Crippen LogP contribution in [-0.2, 0) is 0 Å². The summed E-state index contributed by atoms with van der Waals surface area (Å²) in [5, 5.41) is 7.27. The van der Waals surface area contributed by atoms with Crippen LogP contribution in [0.5, 0.6) is 0 Å². The largest absolute Gasteiger partial charge is 0.310 e. The zero-order chi connectivity index (χ0) is 13.8. The maximum absolute atomic E-state index is 4.49. The number of aromatic nitrogens is 1. The summed E-state index contributed by atoms with van der Waals surface area (Å²) >= 11 is 1.80. The van der Waals surface area contributed by atoms with Crippen LogP contribution in [0.25, 0.3) is 0 Å². The van der Waals surface area contributed by atoms with Crippen LogP contribution in [-0.4, -0.2) is 41.6 Å². The Morgan fingerprint density at radius 2 is 2.20 bits per heavy atom. The van der Waals surface area contributed by atoms with Crippen LogP contribution in [0.3, 0.4) is 0 Å². The third kappa shape index (κ3) is 3.41. The Kier molecular flexibility index (Phi) is 4.74. The van der Waals surface area contributed by atoms with Gasteiger partial charge >= 0.3 is 0 Å². The molecule has 2 heterocycles. The van der Waals surface area contributed by atoms with E-state index < -0.39 is 0 Å². The second-order valence-electron chi connectivity index (χ2n) is 6.63. The lowest BCUT2D eigenvalue weighted by Gasteiger charge is -2.40. The van der Waals surface area contributed by atoms with E-state index in [9.17, 15) is 0 Å². The van der Waals surface area contributed by atoms with E-state index in [1.54, 1.807) is 11.3 Å². The standard InChI is InChI=1S/C16H27N3S/c1-14(15-17-9-11-20-15)12-19-10-5-8-18-16(13-19)6-3-2-4-7-16/h9,11,14,18H,2-8,10,12-13H2,1H3. The Bertz CT molecular complexity index is 398. The average Bonchev–Trinajstić information content (AvgIpc) is 2.92. The number of nitrogens with zero attached hydrogens (tertiary/aromatic N) is 2. The highest BCUT2D eigenvalue weighted by molar-refractivity contribution is 7.09. The van der Waals surface area contributed by atoms with Crippen molar-refractivity contribution in [2.24, 2.45) is 0 Å². The minimum absolute atomic E-state index is 0.414. The second kappa shape index (κ2) is 6.54. The first-order valence-electron chi connectivity index (χ1n) is 8.14. The van der Waals surface area contributed by atoms with Gasteiger partial charge in [-0.25, -0.2) is 4.98 Å². The van der Waals surface area contributed by atoms with Crippen molar-refractivity contribution in [3.63, 3.8) is 0 Å². The number of nitrogens with one attached hydrogen (secondary N) is 1. The van der Waals surface area contributed by atoms with E-state index in [2.05, 4.69) is 27.5 Å². The van der Waals surface area contributed by atoms with Crippen LogP contribution >= 0.6 is 11.3 Å². The van der Waals surface area contributed by atoms with Gasteiger partial charge in [-0.15, -0.1) is 11.3 Å². The van der Waals surface area contributed by atoms with Crippen LogP contribution in [0.1, 0.15) is 56.4 Å². The molecule has 1 spiro atoms. The lowest BCUT2D eigenvalue weighted by molar-refractivity contribution is 0.160. The molecule has 1 N–H and O–H groups in total. The van der Waals surface area contributed by atoms with E-state index in [4.69, 9.17) is 0 Å². The fourth-order valence-electron chi connectivity index (χ4n) is 3.88. The van der Waals surface area contributed by atoms with Crippen molar-refractivity contribution >= 4 is 11.3 Å². The first kappa shape index (κ1) is 14.5. The second-order valence-corrected chi connectivity index (χ2v) is 7.55. The Balaban J connectivity index is 1.63. The highest BCUT2D eigenvalue weighted by Gasteiger charge is 2.35. The molecule has 1 unspecified atom stereocenters. The molecule has 1 aromatic heterocycles. The molecule has 1 saturated heterocycles. The van der Waals surface area contributed by atoms with E-state index in [-0.39, 0.29) is 0 Å². The fourth-order valence-corrected chi connectivity index (χ4v) is 4.57. The minimum Gasteiger partial charge on any atom is -0.310 e. The zero-order valence-corrected chi connectivity index (χ0v) is 13.4.